The Kier molecular flexibility index (Phi) is 6.18. The number of halogens is 3. The van der Waals surface area contributed by atoms with Crippen molar-refractivity contribution in [1.82, 2.24) is 9.97 Å². The van der Waals surface area contributed by atoms with Gasteiger partial charge < -0.3 is 10.6 Å². The molecule has 0 atom stereocenters. The maximum absolute atomic E-state index is 13.7. The number of rotatable bonds is 4. The van der Waals surface area contributed by atoms with Gasteiger partial charge in [-0.2, -0.15) is 0 Å². The predicted molar refractivity (Wildman–Crippen MR) is 131 cm³/mol. The van der Waals surface area contributed by atoms with Gasteiger partial charge in [-0.15, -0.1) is 11.8 Å². The van der Waals surface area contributed by atoms with E-state index < -0.39 is 11.6 Å². The van der Waals surface area contributed by atoms with Crippen molar-refractivity contribution >= 4 is 46.8 Å². The highest BCUT2D eigenvalue weighted by molar-refractivity contribution is 8.00. The Balaban J connectivity index is 1.27. The molecule has 5 rings (SSSR count). The Morgan fingerprint density at radius 3 is 2.30 bits per heavy atom. The van der Waals surface area contributed by atoms with Crippen LogP contribution in [-0.4, -0.2) is 29.3 Å². The zero-order valence-electron chi connectivity index (χ0n) is 18.1. The third-order valence-corrected chi connectivity index (χ3v) is 9.11. The second-order valence-electron chi connectivity index (χ2n) is 8.67. The van der Waals surface area contributed by atoms with Crippen LogP contribution in [0.5, 0.6) is 0 Å². The zero-order valence-corrected chi connectivity index (χ0v) is 20.5. The Labute approximate surface area is 205 Å². The molecule has 2 N–H and O–H groups in total. The van der Waals surface area contributed by atoms with Gasteiger partial charge in [0.25, 0.3) is 0 Å². The van der Waals surface area contributed by atoms with E-state index in [1.165, 1.54) is 23.9 Å². The molecule has 9 heteroatoms. The van der Waals surface area contributed by atoms with E-state index in [0.717, 1.165) is 65.5 Å². The highest BCUT2D eigenvalue weighted by Gasteiger charge is 2.40. The van der Waals surface area contributed by atoms with Gasteiger partial charge in [0.05, 0.1) is 11.2 Å². The molecule has 0 bridgehead atoms. The van der Waals surface area contributed by atoms with Gasteiger partial charge in [-0.05, 0) is 72.7 Å². The molecule has 2 heterocycles. The fourth-order valence-electron chi connectivity index (χ4n) is 4.84. The van der Waals surface area contributed by atoms with Crippen molar-refractivity contribution in [2.24, 2.45) is 5.41 Å². The van der Waals surface area contributed by atoms with Gasteiger partial charge in [-0.3, -0.25) is 0 Å². The van der Waals surface area contributed by atoms with Crippen molar-refractivity contribution in [3.63, 3.8) is 0 Å². The van der Waals surface area contributed by atoms with Gasteiger partial charge in [0, 0.05) is 22.9 Å². The Bertz CT molecular complexity index is 1180. The Morgan fingerprint density at radius 1 is 1.06 bits per heavy atom. The largest absolute Gasteiger partial charge is 0.381 e. The fraction of sp³-hybridized carbons (Fsp3) is 0.333. The van der Waals surface area contributed by atoms with Crippen molar-refractivity contribution in [1.29, 1.82) is 0 Å². The molecular weight excluding hydrogens is 482 g/mol. The third kappa shape index (κ3) is 4.40. The van der Waals surface area contributed by atoms with E-state index >= 15 is 0 Å². The second kappa shape index (κ2) is 8.96. The van der Waals surface area contributed by atoms with Gasteiger partial charge in [0.15, 0.2) is 17.5 Å². The van der Waals surface area contributed by atoms with Crippen LogP contribution in [0, 0.1) is 17.0 Å². The number of aromatic nitrogens is 2. The summed E-state index contributed by atoms with van der Waals surface area (Å²) in [6.07, 6.45) is 7.21. The van der Waals surface area contributed by atoms with Crippen molar-refractivity contribution in [3.05, 3.63) is 64.3 Å². The summed E-state index contributed by atoms with van der Waals surface area (Å²) < 4.78 is 27.3. The summed E-state index contributed by atoms with van der Waals surface area (Å²) in [5.41, 5.74) is 8.20. The lowest BCUT2D eigenvalue weighted by Crippen LogP contribution is -2.41. The molecule has 2 aromatic carbocycles. The molecule has 1 saturated heterocycles. The van der Waals surface area contributed by atoms with Crippen molar-refractivity contribution in [2.75, 3.05) is 30.0 Å². The number of thioether (sulfide) groups is 1. The number of fused-ring (bicyclic) bond motifs is 1. The first-order chi connectivity index (χ1) is 15.9. The number of nitrogen functional groups attached to an aromatic ring is 1. The molecule has 33 heavy (non-hydrogen) atoms. The minimum Gasteiger partial charge on any atom is -0.381 e. The molecule has 1 aromatic heterocycles. The minimum atomic E-state index is -0.756. The van der Waals surface area contributed by atoms with Gasteiger partial charge in [-0.25, -0.2) is 18.7 Å². The maximum Gasteiger partial charge on any atom is 0.159 e. The first-order valence-electron chi connectivity index (χ1n) is 10.7. The molecule has 172 valence electrons. The van der Waals surface area contributed by atoms with Gasteiger partial charge >= 0.3 is 0 Å². The molecule has 1 aliphatic heterocycles. The van der Waals surface area contributed by atoms with Gasteiger partial charge in [-0.1, -0.05) is 29.4 Å². The molecule has 1 spiro atoms. The van der Waals surface area contributed by atoms with Crippen LogP contribution in [0.4, 0.5) is 20.4 Å². The van der Waals surface area contributed by atoms with Crippen LogP contribution in [0.1, 0.15) is 24.0 Å². The number of nitrogens with two attached hydrogens (primary N) is 1. The quantitative estimate of drug-likeness (QED) is 0.424. The van der Waals surface area contributed by atoms with Crippen LogP contribution in [-0.2, 0) is 12.8 Å². The van der Waals surface area contributed by atoms with Crippen molar-refractivity contribution < 1.29 is 8.78 Å². The number of piperidine rings is 1. The fourth-order valence-corrected chi connectivity index (χ4v) is 6.69. The van der Waals surface area contributed by atoms with Crippen LogP contribution < -0.4 is 10.6 Å². The van der Waals surface area contributed by atoms with Crippen LogP contribution in [0.3, 0.4) is 0 Å². The molecule has 3 aromatic rings. The zero-order chi connectivity index (χ0) is 23.2. The average molecular weight is 505 g/mol. The van der Waals surface area contributed by atoms with Crippen LogP contribution in [0.15, 0.2) is 51.3 Å². The number of hydrogen-bond donors (Lipinski definition) is 1. The Morgan fingerprint density at radius 2 is 1.70 bits per heavy atom. The molecule has 0 amide bonds. The lowest BCUT2D eigenvalue weighted by molar-refractivity contribution is 0.232. The van der Waals surface area contributed by atoms with E-state index in [1.807, 2.05) is 24.5 Å². The molecule has 2 aliphatic rings. The second-order valence-corrected chi connectivity index (χ2v) is 10.9. The van der Waals surface area contributed by atoms with Crippen LogP contribution in [0.25, 0.3) is 0 Å². The lowest BCUT2D eigenvalue weighted by Gasteiger charge is -2.39. The summed E-state index contributed by atoms with van der Waals surface area (Å²) in [6, 6.07) is 8.63. The minimum absolute atomic E-state index is 0.0624. The van der Waals surface area contributed by atoms with Crippen LogP contribution >= 0.6 is 35.1 Å². The first kappa shape index (κ1) is 22.7. The monoisotopic (exact) mass is 504 g/mol. The molecule has 0 radical (unpaired) electrons. The summed E-state index contributed by atoms with van der Waals surface area (Å²) in [4.78, 5) is 13.3. The molecular formula is C24H23ClF2N4S2. The molecule has 0 unspecified atom stereocenters. The highest BCUT2D eigenvalue weighted by Crippen LogP contribution is 2.46. The summed E-state index contributed by atoms with van der Waals surface area (Å²) in [6.45, 7) is 1.61. The van der Waals surface area contributed by atoms with E-state index in [9.17, 15) is 8.78 Å². The number of nitrogens with zero attached hydrogens (tertiary/aromatic N) is 3. The third-order valence-electron chi connectivity index (χ3n) is 6.63. The number of anilines is 2. The van der Waals surface area contributed by atoms with Gasteiger partial charge in [0.1, 0.15) is 10.8 Å². The first-order valence-corrected chi connectivity index (χ1v) is 13.1. The summed E-state index contributed by atoms with van der Waals surface area (Å²) in [5, 5.41) is 1.32. The summed E-state index contributed by atoms with van der Waals surface area (Å²) in [5.74, 6) is -0.382. The van der Waals surface area contributed by atoms with Crippen molar-refractivity contribution in [2.45, 2.75) is 40.5 Å². The molecule has 0 saturated carbocycles. The summed E-state index contributed by atoms with van der Waals surface area (Å²) >= 11 is 9.50. The van der Waals surface area contributed by atoms with E-state index in [1.54, 1.807) is 18.0 Å². The predicted octanol–water partition coefficient (Wildman–Crippen LogP) is 6.25. The van der Waals surface area contributed by atoms with Crippen molar-refractivity contribution in [3.8, 4) is 0 Å². The van der Waals surface area contributed by atoms with Gasteiger partial charge in [0.2, 0.25) is 0 Å². The van der Waals surface area contributed by atoms with E-state index in [4.69, 9.17) is 17.3 Å². The number of hydrogen-bond acceptors (Lipinski definition) is 6. The topological polar surface area (TPSA) is 55.0 Å². The lowest BCUT2D eigenvalue weighted by atomic mass is 9.76. The smallest absolute Gasteiger partial charge is 0.159 e. The summed E-state index contributed by atoms with van der Waals surface area (Å²) in [7, 11) is 0. The molecule has 1 aliphatic carbocycles. The normalized spacial score (nSPS) is 16.9. The van der Waals surface area contributed by atoms with Crippen LogP contribution in [0.2, 0.25) is 5.02 Å². The standard InChI is InChI=1S/C24H23ClF2N4S2/c1-32-18-3-2-4-19(21(18)25)33-23-22(28)30-20(13-29-23)31-7-5-24(6-8-31)11-14-9-16(26)17(27)10-15(14)12-24/h2-4,9-10,13H,5-8,11-12H2,1H3,(H2,28,30). The molecule has 4 nitrogen and oxygen atoms in total. The highest BCUT2D eigenvalue weighted by atomic mass is 35.5. The SMILES string of the molecule is CSc1cccc(Sc2ncc(N3CCC4(CC3)Cc3cc(F)c(F)cc3C4)nc2N)c1Cl. The number of benzene rings is 2. The molecule has 1 fully saturated rings. The van der Waals surface area contributed by atoms with E-state index in [-0.39, 0.29) is 5.41 Å². The van der Waals surface area contributed by atoms with E-state index in [2.05, 4.69) is 14.9 Å². The Hall–Kier alpha value is -2.03. The average Bonchev–Trinajstić information content (AvgIpc) is 3.13. The van der Waals surface area contributed by atoms with E-state index in [0.29, 0.717) is 15.9 Å². The maximum atomic E-state index is 13.7.